The fourth-order valence-electron chi connectivity index (χ4n) is 3.04. The lowest BCUT2D eigenvalue weighted by atomic mass is 9.97. The van der Waals surface area contributed by atoms with Gasteiger partial charge in [0.2, 0.25) is 5.91 Å². The molecule has 3 unspecified atom stereocenters. The first kappa shape index (κ1) is 20.1. The monoisotopic (exact) mass is 358 g/mol. The summed E-state index contributed by atoms with van der Waals surface area (Å²) in [5, 5.41) is 0. The maximum absolute atomic E-state index is 12.5. The van der Waals surface area contributed by atoms with Crippen LogP contribution >= 0.6 is 24.2 Å². The first-order valence-corrected chi connectivity index (χ1v) is 9.15. The lowest BCUT2D eigenvalue weighted by molar-refractivity contribution is -0.133. The Balaban J connectivity index is 0.00000264. The molecule has 0 aliphatic carbocycles. The van der Waals surface area contributed by atoms with Gasteiger partial charge in [0, 0.05) is 18.5 Å². The van der Waals surface area contributed by atoms with E-state index in [2.05, 4.69) is 19.1 Å². The van der Waals surface area contributed by atoms with Crippen molar-refractivity contribution in [1.29, 1.82) is 0 Å². The van der Waals surface area contributed by atoms with Crippen LogP contribution in [-0.4, -0.2) is 48.6 Å². The van der Waals surface area contributed by atoms with Crippen molar-refractivity contribution in [3.05, 3.63) is 29.8 Å². The Morgan fingerprint density at radius 3 is 2.65 bits per heavy atom. The molecule has 130 valence electrons. The van der Waals surface area contributed by atoms with Crippen LogP contribution in [0.25, 0.3) is 0 Å². The molecule has 1 saturated heterocycles. The van der Waals surface area contributed by atoms with Gasteiger partial charge in [-0.15, -0.1) is 12.4 Å². The zero-order chi connectivity index (χ0) is 16.1. The first-order chi connectivity index (χ1) is 10.6. The smallest absolute Gasteiger partial charge is 0.239 e. The minimum atomic E-state index is -0.371. The molecule has 1 aromatic carbocycles. The van der Waals surface area contributed by atoms with Crippen molar-refractivity contribution in [1.82, 2.24) is 4.90 Å². The largest absolute Gasteiger partial charge is 0.497 e. The summed E-state index contributed by atoms with van der Waals surface area (Å²) >= 11 is 1.73. The highest BCUT2D eigenvalue weighted by molar-refractivity contribution is 7.98. The molecule has 1 aromatic rings. The van der Waals surface area contributed by atoms with E-state index in [1.807, 2.05) is 23.3 Å². The van der Waals surface area contributed by atoms with E-state index in [0.29, 0.717) is 5.92 Å². The van der Waals surface area contributed by atoms with E-state index in [0.717, 1.165) is 30.9 Å². The summed E-state index contributed by atoms with van der Waals surface area (Å²) in [5.41, 5.74) is 7.31. The highest BCUT2D eigenvalue weighted by atomic mass is 35.5. The summed E-state index contributed by atoms with van der Waals surface area (Å²) in [4.78, 5) is 14.5. The summed E-state index contributed by atoms with van der Waals surface area (Å²) in [6, 6.07) is 8.03. The van der Waals surface area contributed by atoms with Gasteiger partial charge in [-0.1, -0.05) is 12.1 Å². The molecule has 1 heterocycles. The minimum Gasteiger partial charge on any atom is -0.497 e. The Morgan fingerprint density at radius 2 is 2.09 bits per heavy atom. The molecule has 0 bridgehead atoms. The van der Waals surface area contributed by atoms with Crippen LogP contribution in [0.15, 0.2) is 24.3 Å². The number of hydrogen-bond donors (Lipinski definition) is 1. The molecule has 0 aromatic heterocycles. The van der Waals surface area contributed by atoms with Crippen molar-refractivity contribution >= 4 is 30.1 Å². The number of thioether (sulfide) groups is 1. The third-order valence-corrected chi connectivity index (χ3v) is 5.04. The fourth-order valence-corrected chi connectivity index (χ4v) is 3.53. The number of methoxy groups -OCH3 is 1. The Bertz CT molecular complexity index is 498. The first-order valence-electron chi connectivity index (χ1n) is 7.75. The second kappa shape index (κ2) is 9.40. The van der Waals surface area contributed by atoms with Crippen LogP contribution in [0, 0.1) is 0 Å². The van der Waals surface area contributed by atoms with E-state index in [-0.39, 0.29) is 30.4 Å². The van der Waals surface area contributed by atoms with Crippen molar-refractivity contribution in [2.24, 2.45) is 5.73 Å². The summed E-state index contributed by atoms with van der Waals surface area (Å²) in [6.07, 6.45) is 3.78. The lowest BCUT2D eigenvalue weighted by Gasteiger charge is -2.25. The van der Waals surface area contributed by atoms with Crippen molar-refractivity contribution in [2.75, 3.05) is 25.7 Å². The third-order valence-electron chi connectivity index (χ3n) is 4.40. The summed E-state index contributed by atoms with van der Waals surface area (Å²) < 4.78 is 5.20. The highest BCUT2D eigenvalue weighted by Crippen LogP contribution is 2.32. The molecule has 1 aliphatic rings. The van der Waals surface area contributed by atoms with Crippen molar-refractivity contribution in [2.45, 2.75) is 37.8 Å². The molecule has 1 aliphatic heterocycles. The van der Waals surface area contributed by atoms with Gasteiger partial charge in [-0.25, -0.2) is 0 Å². The molecule has 0 spiro atoms. The molecule has 2 N–H and O–H groups in total. The van der Waals surface area contributed by atoms with E-state index in [1.54, 1.807) is 18.9 Å². The number of ether oxygens (including phenoxy) is 1. The van der Waals surface area contributed by atoms with Crippen LogP contribution in [-0.2, 0) is 4.79 Å². The summed E-state index contributed by atoms with van der Waals surface area (Å²) in [7, 11) is 1.67. The quantitative estimate of drug-likeness (QED) is 0.849. The molecule has 3 atom stereocenters. The lowest BCUT2D eigenvalue weighted by Crippen LogP contribution is -2.45. The van der Waals surface area contributed by atoms with E-state index in [1.165, 1.54) is 5.56 Å². The van der Waals surface area contributed by atoms with Gasteiger partial charge in [-0.3, -0.25) is 4.79 Å². The number of carbonyl (C=O) groups is 1. The predicted molar refractivity (Wildman–Crippen MR) is 99.7 cm³/mol. The highest BCUT2D eigenvalue weighted by Gasteiger charge is 2.35. The van der Waals surface area contributed by atoms with Gasteiger partial charge < -0.3 is 15.4 Å². The van der Waals surface area contributed by atoms with Crippen LogP contribution in [0.1, 0.15) is 31.2 Å². The van der Waals surface area contributed by atoms with Gasteiger partial charge in [-0.2, -0.15) is 11.8 Å². The molecule has 4 nitrogen and oxygen atoms in total. The number of nitrogens with zero attached hydrogens (tertiary/aromatic N) is 1. The number of carbonyl (C=O) groups excluding carboxylic acids is 1. The van der Waals surface area contributed by atoms with Gasteiger partial charge in [0.05, 0.1) is 13.2 Å². The van der Waals surface area contributed by atoms with E-state index < -0.39 is 0 Å². The topological polar surface area (TPSA) is 55.6 Å². The number of hydrogen-bond acceptors (Lipinski definition) is 4. The number of likely N-dealkylation sites (tertiary alicyclic amines) is 1. The zero-order valence-electron chi connectivity index (χ0n) is 14.0. The van der Waals surface area contributed by atoms with Crippen LogP contribution in [0.2, 0.25) is 0 Å². The van der Waals surface area contributed by atoms with Crippen LogP contribution in [0.3, 0.4) is 0 Å². The van der Waals surface area contributed by atoms with Gasteiger partial charge in [0.1, 0.15) is 5.75 Å². The van der Waals surface area contributed by atoms with Gasteiger partial charge in [0.15, 0.2) is 0 Å². The molecule has 2 rings (SSSR count). The van der Waals surface area contributed by atoms with Gasteiger partial charge >= 0.3 is 0 Å². The van der Waals surface area contributed by atoms with Crippen molar-refractivity contribution in [3.63, 3.8) is 0 Å². The molecular formula is C17H27ClN2O2S. The van der Waals surface area contributed by atoms with Crippen LogP contribution in [0.4, 0.5) is 0 Å². The Kier molecular flexibility index (Phi) is 8.23. The molecular weight excluding hydrogens is 332 g/mol. The maximum atomic E-state index is 12.5. The number of nitrogens with two attached hydrogens (primary N) is 1. The van der Waals surface area contributed by atoms with E-state index >= 15 is 0 Å². The summed E-state index contributed by atoms with van der Waals surface area (Å²) in [6.45, 7) is 2.88. The third kappa shape index (κ3) is 5.03. The molecule has 1 amide bonds. The second-order valence-electron chi connectivity index (χ2n) is 5.93. The molecule has 1 fully saturated rings. The second-order valence-corrected chi connectivity index (χ2v) is 6.92. The average Bonchev–Trinajstić information content (AvgIpc) is 2.93. The van der Waals surface area contributed by atoms with Crippen LogP contribution in [0.5, 0.6) is 5.75 Å². The number of rotatable bonds is 6. The molecule has 0 saturated carbocycles. The standard InChI is InChI=1S/C17H26N2O2S.ClH/c1-12-10-14(13-4-6-15(21-2)7-5-13)11-19(12)17(20)16(18)8-9-22-3;/h4-7,12,14,16H,8-11,18H2,1-3H3;1H. The Labute approximate surface area is 149 Å². The SMILES string of the molecule is COc1ccc(C2CC(C)N(C(=O)C(N)CCSC)C2)cc1.Cl. The fraction of sp³-hybridized carbons (Fsp3) is 0.588. The molecule has 0 radical (unpaired) electrons. The van der Waals surface area contributed by atoms with Crippen molar-refractivity contribution in [3.8, 4) is 5.75 Å². The predicted octanol–water partition coefficient (Wildman–Crippen LogP) is 2.90. The number of benzene rings is 1. The van der Waals surface area contributed by atoms with E-state index in [9.17, 15) is 4.79 Å². The normalized spacial score (nSPS) is 21.7. The summed E-state index contributed by atoms with van der Waals surface area (Å²) in [5.74, 6) is 2.27. The number of amides is 1. The minimum absolute atomic E-state index is 0. The van der Waals surface area contributed by atoms with Gasteiger partial charge in [-0.05, 0) is 49.5 Å². The van der Waals surface area contributed by atoms with E-state index in [4.69, 9.17) is 10.5 Å². The van der Waals surface area contributed by atoms with Crippen molar-refractivity contribution < 1.29 is 9.53 Å². The Morgan fingerprint density at radius 1 is 1.43 bits per heavy atom. The zero-order valence-corrected chi connectivity index (χ0v) is 15.7. The van der Waals surface area contributed by atoms with Gasteiger partial charge in [0.25, 0.3) is 0 Å². The number of halogens is 1. The average molecular weight is 359 g/mol. The molecule has 6 heteroatoms. The maximum Gasteiger partial charge on any atom is 0.239 e. The molecule has 23 heavy (non-hydrogen) atoms. The van der Waals surface area contributed by atoms with Crippen LogP contribution < -0.4 is 10.5 Å². The Hall–Kier alpha value is -0.910.